The summed E-state index contributed by atoms with van der Waals surface area (Å²) < 4.78 is 31.4. The third-order valence-corrected chi connectivity index (χ3v) is 9.57. The second-order valence-electron chi connectivity index (χ2n) is 9.63. The molecule has 2 N–H and O–H groups in total. The van der Waals surface area contributed by atoms with Gasteiger partial charge in [0.25, 0.3) is 0 Å². The predicted octanol–water partition coefficient (Wildman–Crippen LogP) is 3.58. The summed E-state index contributed by atoms with van der Waals surface area (Å²) in [6.45, 7) is 0.454. The summed E-state index contributed by atoms with van der Waals surface area (Å²) in [5, 5.41) is 20.9. The van der Waals surface area contributed by atoms with Crippen molar-refractivity contribution >= 4 is 27.4 Å². The number of amides is 1. The van der Waals surface area contributed by atoms with E-state index in [1.54, 1.807) is 36.4 Å². The molecule has 2 aromatic rings. The van der Waals surface area contributed by atoms with Crippen LogP contribution in [0, 0.1) is 17.2 Å². The summed E-state index contributed by atoms with van der Waals surface area (Å²) in [4.78, 5) is 24.5. The van der Waals surface area contributed by atoms with E-state index in [1.807, 2.05) is 0 Å². The molecule has 0 saturated heterocycles. The highest BCUT2D eigenvalue weighted by Gasteiger charge is 2.61. The molecule has 182 valence electrons. The van der Waals surface area contributed by atoms with Gasteiger partial charge in [-0.15, -0.1) is 0 Å². The quantitative estimate of drug-likeness (QED) is 0.573. The molecule has 2 saturated carbocycles. The van der Waals surface area contributed by atoms with Gasteiger partial charge in [0.2, 0.25) is 5.91 Å². The third-order valence-electron chi connectivity index (χ3n) is 7.31. The van der Waals surface area contributed by atoms with E-state index in [0.29, 0.717) is 62.1 Å². The van der Waals surface area contributed by atoms with Crippen LogP contribution in [0.5, 0.6) is 5.75 Å². The summed E-state index contributed by atoms with van der Waals surface area (Å²) in [6, 6.07) is 12.1. The van der Waals surface area contributed by atoms with Gasteiger partial charge in [-0.05, 0) is 74.4 Å². The number of ether oxygens (including phenoxy) is 1. The maximum atomic E-state index is 13.3. The van der Waals surface area contributed by atoms with Crippen molar-refractivity contribution in [1.29, 1.82) is 5.26 Å². The Balaban J connectivity index is 1.38. The fourth-order valence-electron chi connectivity index (χ4n) is 5.10. The number of anilines is 1. The lowest BCUT2D eigenvalue weighted by Gasteiger charge is -2.27. The van der Waals surface area contributed by atoms with E-state index in [2.05, 4.69) is 11.4 Å². The van der Waals surface area contributed by atoms with Gasteiger partial charge in [-0.25, -0.2) is 8.42 Å². The molecule has 2 aromatic carbocycles. The number of fused-ring (bicyclic) bond motifs is 2. The Kier molecular flexibility index (Phi) is 5.80. The first-order valence-corrected chi connectivity index (χ1v) is 13.4. The van der Waals surface area contributed by atoms with Gasteiger partial charge in [0.15, 0.2) is 9.84 Å². The Morgan fingerprint density at radius 2 is 2.00 bits per heavy atom. The number of rotatable bonds is 8. The van der Waals surface area contributed by atoms with E-state index in [0.717, 1.165) is 11.1 Å². The molecule has 0 radical (unpaired) electrons. The van der Waals surface area contributed by atoms with Crippen LogP contribution in [0.4, 0.5) is 5.69 Å². The van der Waals surface area contributed by atoms with Crippen molar-refractivity contribution in [2.45, 2.75) is 60.5 Å². The maximum Gasteiger partial charge on any atom is 0.303 e. The number of carboxylic acids is 1. The SMILES string of the molecule is N#Cc1ccc(CCCC(=O)O)c(NC(=O)[C@@H]2C[C@]23CCOc2ccc(S(=O)(=O)C4CC4)cc23)c1. The molecular weight excluding hydrogens is 468 g/mol. The van der Waals surface area contributed by atoms with Crippen molar-refractivity contribution < 1.29 is 27.9 Å². The van der Waals surface area contributed by atoms with Crippen LogP contribution in [0.1, 0.15) is 55.2 Å². The smallest absolute Gasteiger partial charge is 0.303 e. The summed E-state index contributed by atoms with van der Waals surface area (Å²) in [5.74, 6) is -0.794. The van der Waals surface area contributed by atoms with Crippen molar-refractivity contribution in [3.05, 3.63) is 53.1 Å². The van der Waals surface area contributed by atoms with Gasteiger partial charge in [0.05, 0.1) is 28.4 Å². The first kappa shape index (κ1) is 23.4. The molecule has 1 heterocycles. The van der Waals surface area contributed by atoms with Crippen LogP contribution in [-0.2, 0) is 31.3 Å². The van der Waals surface area contributed by atoms with Gasteiger partial charge in [0, 0.05) is 29.0 Å². The monoisotopic (exact) mass is 494 g/mol. The van der Waals surface area contributed by atoms with Crippen molar-refractivity contribution in [2.24, 2.45) is 5.92 Å². The van der Waals surface area contributed by atoms with Gasteiger partial charge in [-0.3, -0.25) is 9.59 Å². The van der Waals surface area contributed by atoms with Gasteiger partial charge in [0.1, 0.15) is 5.75 Å². The lowest BCUT2D eigenvalue weighted by Crippen LogP contribution is -2.27. The fourth-order valence-corrected chi connectivity index (χ4v) is 6.78. The highest BCUT2D eigenvalue weighted by atomic mass is 32.2. The summed E-state index contributed by atoms with van der Waals surface area (Å²) in [6.07, 6.45) is 3.47. The van der Waals surface area contributed by atoms with Crippen molar-refractivity contribution in [2.75, 3.05) is 11.9 Å². The molecule has 1 amide bonds. The number of aryl methyl sites for hydroxylation is 1. The van der Waals surface area contributed by atoms with E-state index in [-0.39, 0.29) is 28.4 Å². The van der Waals surface area contributed by atoms with Crippen LogP contribution in [-0.4, -0.2) is 37.3 Å². The molecular formula is C26H26N2O6S. The highest BCUT2D eigenvalue weighted by molar-refractivity contribution is 7.92. The molecule has 2 atom stereocenters. The average Bonchev–Trinajstić information content (AvgIpc) is 3.75. The number of nitriles is 1. The minimum atomic E-state index is -3.36. The van der Waals surface area contributed by atoms with E-state index in [9.17, 15) is 23.3 Å². The molecule has 1 spiro atoms. The number of aliphatic carboxylic acids is 1. The predicted molar refractivity (Wildman–Crippen MR) is 127 cm³/mol. The Hall–Kier alpha value is -3.38. The minimum absolute atomic E-state index is 0.0159. The standard InChI is InChI=1S/C26H26N2O6S/c27-15-16-4-5-17(2-1-3-24(29)30)22(12-16)28-25(31)21-14-26(21)10-11-34-23-9-8-19(13-20(23)26)35(32,33)18-6-7-18/h4-5,8-9,12-13,18,21H,1-3,6-7,10-11,14H2,(H,28,31)(H,29,30)/t21-,26-/m0/s1. The first-order chi connectivity index (χ1) is 16.7. The maximum absolute atomic E-state index is 13.3. The number of nitrogens with zero attached hydrogens (tertiary/aromatic N) is 1. The van der Waals surface area contributed by atoms with Crippen LogP contribution in [0.2, 0.25) is 0 Å². The number of nitrogens with one attached hydrogen (secondary N) is 1. The van der Waals surface area contributed by atoms with Crippen LogP contribution in [0.15, 0.2) is 41.3 Å². The van der Waals surface area contributed by atoms with Gasteiger partial charge in [-0.1, -0.05) is 6.07 Å². The van der Waals surface area contributed by atoms with E-state index in [4.69, 9.17) is 9.84 Å². The first-order valence-electron chi connectivity index (χ1n) is 11.8. The Morgan fingerprint density at radius 1 is 1.20 bits per heavy atom. The molecule has 2 fully saturated rings. The molecule has 1 aliphatic heterocycles. The fraction of sp³-hybridized carbons (Fsp3) is 0.423. The number of carboxylic acid groups (broad SMARTS) is 1. The van der Waals surface area contributed by atoms with E-state index >= 15 is 0 Å². The normalized spacial score (nSPS) is 22.5. The molecule has 3 aliphatic rings. The number of carbonyl (C=O) groups is 2. The Morgan fingerprint density at radius 3 is 2.71 bits per heavy atom. The lowest BCUT2D eigenvalue weighted by atomic mass is 9.87. The van der Waals surface area contributed by atoms with Crippen molar-refractivity contribution in [3.63, 3.8) is 0 Å². The zero-order valence-electron chi connectivity index (χ0n) is 19.1. The zero-order valence-corrected chi connectivity index (χ0v) is 19.9. The molecule has 2 aliphatic carbocycles. The number of hydrogen-bond acceptors (Lipinski definition) is 6. The van der Waals surface area contributed by atoms with Crippen LogP contribution in [0.3, 0.4) is 0 Å². The lowest BCUT2D eigenvalue weighted by molar-refractivity contribution is -0.137. The summed E-state index contributed by atoms with van der Waals surface area (Å²) in [7, 11) is -3.36. The molecule has 35 heavy (non-hydrogen) atoms. The Bertz CT molecular complexity index is 1360. The van der Waals surface area contributed by atoms with E-state index < -0.39 is 21.2 Å². The van der Waals surface area contributed by atoms with Gasteiger partial charge >= 0.3 is 5.97 Å². The number of sulfone groups is 1. The molecule has 8 nitrogen and oxygen atoms in total. The molecule has 0 bridgehead atoms. The zero-order chi connectivity index (χ0) is 24.8. The second-order valence-corrected chi connectivity index (χ2v) is 11.9. The highest BCUT2D eigenvalue weighted by Crippen LogP contribution is 2.61. The topological polar surface area (TPSA) is 134 Å². The van der Waals surface area contributed by atoms with Crippen molar-refractivity contribution in [1.82, 2.24) is 0 Å². The van der Waals surface area contributed by atoms with Gasteiger partial charge < -0.3 is 15.2 Å². The molecule has 9 heteroatoms. The minimum Gasteiger partial charge on any atom is -0.493 e. The molecule has 5 rings (SSSR count). The van der Waals surface area contributed by atoms with Crippen LogP contribution < -0.4 is 10.1 Å². The third kappa shape index (κ3) is 4.39. The molecule has 0 unspecified atom stereocenters. The van der Waals surface area contributed by atoms with Crippen LogP contribution >= 0.6 is 0 Å². The van der Waals surface area contributed by atoms with Gasteiger partial charge in [-0.2, -0.15) is 5.26 Å². The number of hydrogen-bond donors (Lipinski definition) is 2. The van der Waals surface area contributed by atoms with Crippen LogP contribution in [0.25, 0.3) is 0 Å². The Labute approximate surface area is 203 Å². The second kappa shape index (κ2) is 8.68. The number of carbonyl (C=O) groups excluding carboxylic acids is 1. The average molecular weight is 495 g/mol. The van der Waals surface area contributed by atoms with Crippen molar-refractivity contribution in [3.8, 4) is 11.8 Å². The number of benzene rings is 2. The summed E-state index contributed by atoms with van der Waals surface area (Å²) >= 11 is 0. The van der Waals surface area contributed by atoms with E-state index in [1.165, 1.54) is 0 Å². The largest absolute Gasteiger partial charge is 0.493 e. The summed E-state index contributed by atoms with van der Waals surface area (Å²) in [5.41, 5.74) is 2.00. The molecule has 0 aromatic heterocycles.